The predicted octanol–water partition coefficient (Wildman–Crippen LogP) is 1.60. The molecule has 0 aromatic carbocycles. The van der Waals surface area contributed by atoms with Gasteiger partial charge in [0.05, 0.1) is 6.04 Å². The van der Waals surface area contributed by atoms with Crippen molar-refractivity contribution >= 4 is 5.91 Å². The molecule has 0 radical (unpaired) electrons. The molecule has 4 heteroatoms. The van der Waals surface area contributed by atoms with E-state index in [1.54, 1.807) is 0 Å². The van der Waals surface area contributed by atoms with E-state index in [9.17, 15) is 4.79 Å². The molecule has 3 N–H and O–H groups in total. The lowest BCUT2D eigenvalue weighted by Crippen LogP contribution is -2.44. The highest BCUT2D eigenvalue weighted by molar-refractivity contribution is 5.79. The number of hydrogen-bond donors (Lipinski definition) is 2. The first-order valence-electron chi connectivity index (χ1n) is 7.11. The van der Waals surface area contributed by atoms with Crippen LogP contribution in [-0.4, -0.2) is 43.0 Å². The van der Waals surface area contributed by atoms with E-state index in [0.29, 0.717) is 12.0 Å². The van der Waals surface area contributed by atoms with Crippen molar-refractivity contribution in [3.05, 3.63) is 0 Å². The van der Waals surface area contributed by atoms with Crippen molar-refractivity contribution in [2.75, 3.05) is 20.1 Å². The first-order valence-corrected chi connectivity index (χ1v) is 7.11. The van der Waals surface area contributed by atoms with Gasteiger partial charge >= 0.3 is 0 Å². The van der Waals surface area contributed by atoms with Crippen LogP contribution in [0.4, 0.5) is 0 Å². The first kappa shape index (κ1) is 17.4. The van der Waals surface area contributed by atoms with Crippen molar-refractivity contribution in [1.82, 2.24) is 10.2 Å². The molecule has 0 aromatic rings. The normalized spacial score (nSPS) is 15.1. The summed E-state index contributed by atoms with van der Waals surface area (Å²) in [5, 5.41) is 3.20. The fraction of sp³-hybridized carbons (Fsp3) is 0.929. The van der Waals surface area contributed by atoms with Crippen molar-refractivity contribution in [1.29, 1.82) is 0 Å². The monoisotopic (exact) mass is 257 g/mol. The number of nitrogens with two attached hydrogens (primary N) is 1. The summed E-state index contributed by atoms with van der Waals surface area (Å²) < 4.78 is 0. The second-order valence-electron chi connectivity index (χ2n) is 5.66. The number of carbonyl (C=O) groups is 1. The smallest absolute Gasteiger partial charge is 0.234 e. The molecular weight excluding hydrogens is 226 g/mol. The van der Waals surface area contributed by atoms with Crippen LogP contribution in [0.25, 0.3) is 0 Å². The Morgan fingerprint density at radius 2 is 1.94 bits per heavy atom. The lowest BCUT2D eigenvalue weighted by Gasteiger charge is -2.27. The SMILES string of the molecule is CCCNC(CCN(C)C(C)CC(C)C)C(N)=O. The number of nitrogens with one attached hydrogen (secondary N) is 1. The summed E-state index contributed by atoms with van der Waals surface area (Å²) in [6, 6.07) is 0.350. The van der Waals surface area contributed by atoms with Crippen LogP contribution in [0, 0.1) is 5.92 Å². The Kier molecular flexibility index (Phi) is 9.02. The maximum absolute atomic E-state index is 11.3. The van der Waals surface area contributed by atoms with Crippen LogP contribution in [0.1, 0.15) is 47.0 Å². The van der Waals surface area contributed by atoms with Crippen LogP contribution in [-0.2, 0) is 4.79 Å². The lowest BCUT2D eigenvalue weighted by molar-refractivity contribution is -0.120. The molecule has 0 aromatic heterocycles. The van der Waals surface area contributed by atoms with Gasteiger partial charge in [-0.3, -0.25) is 4.79 Å². The summed E-state index contributed by atoms with van der Waals surface area (Å²) in [4.78, 5) is 13.6. The third-order valence-corrected chi connectivity index (χ3v) is 3.32. The number of primary amides is 1. The third-order valence-electron chi connectivity index (χ3n) is 3.32. The summed E-state index contributed by atoms with van der Waals surface area (Å²) in [7, 11) is 2.12. The largest absolute Gasteiger partial charge is 0.368 e. The number of carbonyl (C=O) groups excluding carboxylic acids is 1. The lowest BCUT2D eigenvalue weighted by atomic mass is 10.0. The van der Waals surface area contributed by atoms with Gasteiger partial charge in [-0.05, 0) is 45.7 Å². The summed E-state index contributed by atoms with van der Waals surface area (Å²) >= 11 is 0. The first-order chi connectivity index (χ1) is 8.38. The Morgan fingerprint density at radius 1 is 1.33 bits per heavy atom. The summed E-state index contributed by atoms with van der Waals surface area (Å²) in [5.74, 6) is 0.459. The van der Waals surface area contributed by atoms with Gasteiger partial charge in [0.1, 0.15) is 0 Å². The van der Waals surface area contributed by atoms with Gasteiger partial charge in [-0.2, -0.15) is 0 Å². The Balaban J connectivity index is 4.05. The van der Waals surface area contributed by atoms with Gasteiger partial charge in [0, 0.05) is 12.6 Å². The van der Waals surface area contributed by atoms with Gasteiger partial charge in [0.25, 0.3) is 0 Å². The Bertz CT molecular complexity index is 231. The molecule has 0 saturated carbocycles. The fourth-order valence-corrected chi connectivity index (χ4v) is 2.08. The minimum Gasteiger partial charge on any atom is -0.368 e. The molecule has 108 valence electrons. The van der Waals surface area contributed by atoms with E-state index in [4.69, 9.17) is 5.73 Å². The average molecular weight is 257 g/mol. The third kappa shape index (κ3) is 7.67. The Hall–Kier alpha value is -0.610. The van der Waals surface area contributed by atoms with Crippen LogP contribution in [0.15, 0.2) is 0 Å². The molecule has 18 heavy (non-hydrogen) atoms. The summed E-state index contributed by atoms with van der Waals surface area (Å²) in [6.07, 6.45) is 2.98. The van der Waals surface area contributed by atoms with Crippen LogP contribution in [0.2, 0.25) is 0 Å². The van der Waals surface area contributed by atoms with E-state index in [0.717, 1.165) is 25.9 Å². The molecule has 0 rings (SSSR count). The molecule has 2 unspecified atom stereocenters. The zero-order valence-electron chi connectivity index (χ0n) is 12.7. The predicted molar refractivity (Wildman–Crippen MR) is 77.4 cm³/mol. The van der Waals surface area contributed by atoms with Crippen LogP contribution in [0.5, 0.6) is 0 Å². The van der Waals surface area contributed by atoms with Crippen LogP contribution < -0.4 is 11.1 Å². The van der Waals surface area contributed by atoms with Crippen LogP contribution >= 0.6 is 0 Å². The maximum atomic E-state index is 11.3. The van der Waals surface area contributed by atoms with Crippen LogP contribution in [0.3, 0.4) is 0 Å². The molecule has 0 heterocycles. The maximum Gasteiger partial charge on any atom is 0.234 e. The molecule has 0 bridgehead atoms. The molecule has 0 aliphatic rings. The van der Waals surface area contributed by atoms with E-state index in [1.807, 2.05) is 0 Å². The molecule has 0 aliphatic carbocycles. The van der Waals surface area contributed by atoms with Crippen molar-refractivity contribution in [2.45, 2.75) is 59.0 Å². The minimum atomic E-state index is -0.242. The molecule has 2 atom stereocenters. The van der Waals surface area contributed by atoms with E-state index in [1.165, 1.54) is 6.42 Å². The topological polar surface area (TPSA) is 58.4 Å². The number of hydrogen-bond acceptors (Lipinski definition) is 3. The second kappa shape index (κ2) is 9.34. The molecule has 0 spiro atoms. The van der Waals surface area contributed by atoms with Gasteiger partial charge in [-0.15, -0.1) is 0 Å². The standard InChI is InChI=1S/C14H31N3O/c1-6-8-16-13(14(15)18)7-9-17(5)12(4)10-11(2)3/h11-13,16H,6-10H2,1-5H3,(H2,15,18). The van der Waals surface area contributed by atoms with Gasteiger partial charge in [-0.25, -0.2) is 0 Å². The van der Waals surface area contributed by atoms with Gasteiger partial charge in [0.2, 0.25) is 5.91 Å². The zero-order chi connectivity index (χ0) is 14.1. The molecule has 0 saturated heterocycles. The zero-order valence-corrected chi connectivity index (χ0v) is 12.7. The van der Waals surface area contributed by atoms with Gasteiger partial charge < -0.3 is 16.0 Å². The molecule has 1 amide bonds. The van der Waals surface area contributed by atoms with E-state index in [-0.39, 0.29) is 11.9 Å². The van der Waals surface area contributed by atoms with Gasteiger partial charge in [0.15, 0.2) is 0 Å². The number of rotatable bonds is 10. The Labute approximate surface area is 112 Å². The fourth-order valence-electron chi connectivity index (χ4n) is 2.08. The van der Waals surface area contributed by atoms with Crippen molar-refractivity contribution in [2.24, 2.45) is 11.7 Å². The van der Waals surface area contributed by atoms with E-state index < -0.39 is 0 Å². The molecule has 4 nitrogen and oxygen atoms in total. The average Bonchev–Trinajstić information content (AvgIpc) is 2.27. The Morgan fingerprint density at radius 3 is 2.39 bits per heavy atom. The van der Waals surface area contributed by atoms with E-state index >= 15 is 0 Å². The molecular formula is C14H31N3O. The molecule has 0 fully saturated rings. The number of amides is 1. The van der Waals surface area contributed by atoms with Crippen molar-refractivity contribution in [3.63, 3.8) is 0 Å². The van der Waals surface area contributed by atoms with Crippen molar-refractivity contribution in [3.8, 4) is 0 Å². The minimum absolute atomic E-state index is 0.196. The molecule has 0 aliphatic heterocycles. The second-order valence-corrected chi connectivity index (χ2v) is 5.66. The quantitative estimate of drug-likeness (QED) is 0.625. The number of nitrogens with zero attached hydrogens (tertiary/aromatic N) is 1. The summed E-state index contributed by atoms with van der Waals surface area (Å²) in [6.45, 7) is 10.5. The van der Waals surface area contributed by atoms with E-state index in [2.05, 4.69) is 45.0 Å². The van der Waals surface area contributed by atoms with Crippen molar-refractivity contribution < 1.29 is 4.79 Å². The summed E-state index contributed by atoms with van der Waals surface area (Å²) in [5.41, 5.74) is 5.40. The van der Waals surface area contributed by atoms with Gasteiger partial charge in [-0.1, -0.05) is 20.8 Å². The highest BCUT2D eigenvalue weighted by Crippen LogP contribution is 2.10. The highest BCUT2D eigenvalue weighted by atomic mass is 16.1. The highest BCUT2D eigenvalue weighted by Gasteiger charge is 2.17.